The largest absolute Gasteiger partial charge is 0.483 e. The second-order valence-corrected chi connectivity index (χ2v) is 17.8. The molecule has 1 fully saturated rings. The van der Waals surface area contributed by atoms with E-state index in [0.29, 0.717) is 107 Å². The number of H-pyrrole nitrogens is 2. The van der Waals surface area contributed by atoms with Crippen LogP contribution in [0.4, 0.5) is 13.6 Å². The number of benzene rings is 3. The Morgan fingerprint density at radius 1 is 0.908 bits per heavy atom. The average Bonchev–Trinajstić information content (AvgIpc) is 4.03. The van der Waals surface area contributed by atoms with Crippen LogP contribution < -0.4 is 16.2 Å². The molecule has 1 saturated heterocycles. The third-order valence-electron chi connectivity index (χ3n) is 12.3. The maximum atomic E-state index is 16.5. The first-order valence-corrected chi connectivity index (χ1v) is 22.3. The zero-order valence-electron chi connectivity index (χ0n) is 37.5. The van der Waals surface area contributed by atoms with Gasteiger partial charge < -0.3 is 35.0 Å². The number of nitrogens with zero attached hydrogens (tertiary/aromatic N) is 4. The van der Waals surface area contributed by atoms with Crippen molar-refractivity contribution in [3.05, 3.63) is 106 Å². The SMILES string of the molecule is C=C(N[C@H](C(=O)N1CCC[C@H]1c1ncc(-c2ccc3c(c2)C(F)(F)c2cc(-c4ccc5c(=O)[nH]c(CCCCCN(S)C(=O)[C@@H](NC(=O)OC)C(C)C)nc5c4)ccc2-3)[nH]1)C(C)C)OC. The number of rotatable bonds is 17. The van der Waals surface area contributed by atoms with Gasteiger partial charge in [0, 0.05) is 36.2 Å². The number of aromatic nitrogens is 4. The summed E-state index contributed by atoms with van der Waals surface area (Å²) < 4.78 is 44.2. The zero-order valence-corrected chi connectivity index (χ0v) is 38.4. The molecule has 4 N–H and O–H groups in total. The van der Waals surface area contributed by atoms with E-state index in [0.717, 1.165) is 6.42 Å². The normalized spacial score (nSPS) is 16.0. The number of imidazole rings is 1. The molecule has 1 aliphatic heterocycles. The molecule has 0 radical (unpaired) electrons. The molecule has 65 heavy (non-hydrogen) atoms. The number of hydrogen-bond acceptors (Lipinski definition) is 10. The molecule has 2 aliphatic rings. The van der Waals surface area contributed by atoms with Crippen LogP contribution in [0.15, 0.2) is 78.1 Å². The van der Waals surface area contributed by atoms with Crippen LogP contribution >= 0.6 is 12.8 Å². The summed E-state index contributed by atoms with van der Waals surface area (Å²) in [7, 11) is 2.73. The van der Waals surface area contributed by atoms with E-state index in [2.05, 4.69) is 49.7 Å². The summed E-state index contributed by atoms with van der Waals surface area (Å²) in [5.41, 5.74) is 3.13. The van der Waals surface area contributed by atoms with E-state index >= 15 is 8.78 Å². The third-order valence-corrected chi connectivity index (χ3v) is 12.7. The molecule has 1 aliphatic carbocycles. The number of halogens is 2. The molecule has 3 aromatic carbocycles. The molecule has 3 amide bonds. The first-order valence-electron chi connectivity index (χ1n) is 21.9. The second kappa shape index (κ2) is 19.5. The van der Waals surface area contributed by atoms with Gasteiger partial charge in [-0.25, -0.2) is 14.8 Å². The van der Waals surface area contributed by atoms with Gasteiger partial charge in [-0.05, 0) is 90.6 Å². The summed E-state index contributed by atoms with van der Waals surface area (Å²) in [6.45, 7) is 12.3. The van der Waals surface area contributed by atoms with E-state index < -0.39 is 24.1 Å². The summed E-state index contributed by atoms with van der Waals surface area (Å²) in [5, 5.41) is 6.02. The molecule has 5 aromatic rings. The minimum absolute atomic E-state index is 0.0320. The van der Waals surface area contributed by atoms with Gasteiger partial charge >= 0.3 is 6.09 Å². The number of methoxy groups -OCH3 is 2. The topological polar surface area (TPSA) is 175 Å². The fourth-order valence-corrected chi connectivity index (χ4v) is 8.91. The lowest BCUT2D eigenvalue weighted by molar-refractivity contribution is -0.135. The van der Waals surface area contributed by atoms with E-state index in [4.69, 9.17) is 9.72 Å². The van der Waals surface area contributed by atoms with Crippen molar-refractivity contribution < 1.29 is 32.6 Å². The van der Waals surface area contributed by atoms with Crippen LogP contribution in [-0.4, -0.2) is 86.4 Å². The summed E-state index contributed by atoms with van der Waals surface area (Å²) in [6, 6.07) is 13.6. The Balaban J connectivity index is 1.03. The first-order chi connectivity index (χ1) is 31.0. The molecule has 344 valence electrons. The quantitative estimate of drug-likeness (QED) is 0.0350. The van der Waals surface area contributed by atoms with Crippen molar-refractivity contribution in [2.45, 2.75) is 90.3 Å². The molecule has 3 heterocycles. The number of fused-ring (bicyclic) bond motifs is 4. The smallest absolute Gasteiger partial charge is 0.407 e. The Kier molecular flexibility index (Phi) is 14.0. The van der Waals surface area contributed by atoms with Gasteiger partial charge in [0.25, 0.3) is 17.4 Å². The standard InChI is InChI=1S/C48H56F2N8O6S/c1-26(2)41(52-28(5)63-6)45(60)57-20-11-12-39(57)43-51-25-38(54-43)31-16-18-33-32-17-14-29(22-35(32)48(49,50)36(33)23-31)30-15-19-34-37(24-30)53-40(55-44(34)59)13-9-8-10-21-58(65)46(61)42(27(3)4)56-47(62)64-7/h14-19,22-27,39,41-42,52,65H,5,8-13,20-21H2,1-4,6-7H3,(H,51,54)(H,56,62)(H,53,55,59)/t39-,41-,42-/m0/s1. The van der Waals surface area contributed by atoms with Gasteiger partial charge in [-0.1, -0.05) is 77.3 Å². The Morgan fingerprint density at radius 2 is 1.57 bits per heavy atom. The predicted molar refractivity (Wildman–Crippen MR) is 248 cm³/mol. The lowest BCUT2D eigenvalue weighted by Gasteiger charge is -2.31. The van der Waals surface area contributed by atoms with E-state index in [-0.39, 0.29) is 46.4 Å². The summed E-state index contributed by atoms with van der Waals surface area (Å²) >= 11 is 4.35. The molecule has 3 atom stereocenters. The highest BCUT2D eigenvalue weighted by molar-refractivity contribution is 7.78. The number of unbranched alkanes of at least 4 members (excludes halogenated alkanes) is 2. The van der Waals surface area contributed by atoms with Gasteiger partial charge in [0.1, 0.15) is 23.7 Å². The fourth-order valence-electron chi connectivity index (χ4n) is 8.65. The van der Waals surface area contributed by atoms with Crippen LogP contribution in [-0.2, 0) is 31.4 Å². The fraction of sp³-hybridized carbons (Fsp3) is 0.417. The summed E-state index contributed by atoms with van der Waals surface area (Å²) in [5.74, 6) is -2.53. The number of amides is 3. The molecule has 7 rings (SSSR count). The highest BCUT2D eigenvalue weighted by Gasteiger charge is 2.45. The van der Waals surface area contributed by atoms with Crippen molar-refractivity contribution in [1.29, 1.82) is 0 Å². The molecule has 14 nitrogen and oxygen atoms in total. The molecule has 0 spiro atoms. The van der Waals surface area contributed by atoms with Gasteiger partial charge in [-0.3, -0.25) is 18.7 Å². The zero-order chi connectivity index (χ0) is 46.7. The summed E-state index contributed by atoms with van der Waals surface area (Å²) in [6.07, 6.45) is 4.93. The van der Waals surface area contributed by atoms with Gasteiger partial charge in [0.2, 0.25) is 5.91 Å². The highest BCUT2D eigenvalue weighted by Crippen LogP contribution is 2.52. The monoisotopic (exact) mass is 910 g/mol. The average molecular weight is 911 g/mol. The van der Waals surface area contributed by atoms with Crippen LogP contribution in [0.5, 0.6) is 0 Å². The third kappa shape index (κ3) is 9.75. The van der Waals surface area contributed by atoms with Crippen molar-refractivity contribution in [2.24, 2.45) is 11.8 Å². The maximum absolute atomic E-state index is 16.5. The number of alkyl halides is 2. The Labute approximate surface area is 382 Å². The Morgan fingerprint density at radius 3 is 2.25 bits per heavy atom. The van der Waals surface area contributed by atoms with E-state index in [9.17, 15) is 19.2 Å². The molecule has 17 heteroatoms. The van der Waals surface area contributed by atoms with Crippen LogP contribution in [0, 0.1) is 11.8 Å². The lowest BCUT2D eigenvalue weighted by Crippen LogP contribution is -2.49. The Hall–Kier alpha value is -6.23. The van der Waals surface area contributed by atoms with Crippen molar-refractivity contribution in [3.8, 4) is 33.5 Å². The molecule has 0 unspecified atom stereocenters. The number of alkyl carbamates (subject to hydrolysis) is 1. The summed E-state index contributed by atoms with van der Waals surface area (Å²) in [4.78, 5) is 68.8. The van der Waals surface area contributed by atoms with Gasteiger partial charge in [0.05, 0.1) is 43.1 Å². The number of hydrogen-bond donors (Lipinski definition) is 5. The van der Waals surface area contributed by atoms with E-state index in [1.54, 1.807) is 48.7 Å². The van der Waals surface area contributed by atoms with Crippen LogP contribution in [0.3, 0.4) is 0 Å². The van der Waals surface area contributed by atoms with Gasteiger partial charge in [-0.15, -0.1) is 0 Å². The molecule has 2 aromatic heterocycles. The van der Waals surface area contributed by atoms with Crippen LogP contribution in [0.1, 0.15) is 88.6 Å². The minimum atomic E-state index is -3.30. The lowest BCUT2D eigenvalue weighted by atomic mass is 9.97. The molecular formula is C48H56F2N8O6S. The van der Waals surface area contributed by atoms with Crippen LogP contribution in [0.25, 0.3) is 44.4 Å². The second-order valence-electron chi connectivity index (χ2n) is 17.3. The highest BCUT2D eigenvalue weighted by atomic mass is 32.1. The molecular weight excluding hydrogens is 855 g/mol. The van der Waals surface area contributed by atoms with Crippen LogP contribution in [0.2, 0.25) is 0 Å². The van der Waals surface area contributed by atoms with Crippen molar-refractivity contribution >= 4 is 41.6 Å². The van der Waals surface area contributed by atoms with E-state index in [1.807, 2.05) is 32.6 Å². The van der Waals surface area contributed by atoms with Gasteiger partial charge in [-0.2, -0.15) is 8.78 Å². The number of thiol groups is 1. The number of ether oxygens (including phenoxy) is 2. The number of aryl methyl sites for hydroxylation is 1. The molecule has 0 bridgehead atoms. The Bertz CT molecular complexity index is 2670. The number of likely N-dealkylation sites (tertiary alicyclic amines) is 1. The van der Waals surface area contributed by atoms with Crippen molar-refractivity contribution in [3.63, 3.8) is 0 Å². The van der Waals surface area contributed by atoms with E-state index in [1.165, 1.54) is 30.7 Å². The van der Waals surface area contributed by atoms with Crippen molar-refractivity contribution in [2.75, 3.05) is 27.3 Å². The number of nitrogens with one attached hydrogen (secondary N) is 4. The molecule has 0 saturated carbocycles. The predicted octanol–water partition coefficient (Wildman–Crippen LogP) is 8.26. The maximum Gasteiger partial charge on any atom is 0.407 e. The van der Waals surface area contributed by atoms with Gasteiger partial charge in [0.15, 0.2) is 5.88 Å². The number of carbonyl (C=O) groups is 3. The van der Waals surface area contributed by atoms with Crippen molar-refractivity contribution in [1.82, 2.24) is 39.8 Å². The number of carbonyl (C=O) groups excluding carboxylic acids is 3. The first kappa shape index (κ1) is 46.8. The minimum Gasteiger partial charge on any atom is -0.483 e. The number of aromatic amines is 2.